The molecule has 0 aliphatic heterocycles. The van der Waals surface area contributed by atoms with Gasteiger partial charge in [-0.1, -0.05) is 26.0 Å². The van der Waals surface area contributed by atoms with Crippen LogP contribution in [0.3, 0.4) is 0 Å². The number of rotatable bonds is 6. The molecule has 1 amide bonds. The van der Waals surface area contributed by atoms with Crippen molar-refractivity contribution in [3.05, 3.63) is 30.1 Å². The van der Waals surface area contributed by atoms with Crippen LogP contribution in [0, 0.1) is 5.92 Å². The second kappa shape index (κ2) is 6.92. The van der Waals surface area contributed by atoms with E-state index in [0.29, 0.717) is 19.0 Å². The fourth-order valence-electron chi connectivity index (χ4n) is 2.57. The Balaban J connectivity index is 2.09. The Labute approximate surface area is 131 Å². The standard InChI is InChI=1S/C17H26N4O/c1-11(2)16(18)17(22)19-10-9-15-20-13-7-5-6-8-14(13)21(15)12(3)4/h5-8,11-12,16H,9-10,18H2,1-4H3,(H,19,22)/t16-/m0/s1. The van der Waals surface area contributed by atoms with E-state index in [1.54, 1.807) is 0 Å². The largest absolute Gasteiger partial charge is 0.354 e. The molecule has 1 heterocycles. The van der Waals surface area contributed by atoms with Crippen molar-refractivity contribution in [1.82, 2.24) is 14.9 Å². The lowest BCUT2D eigenvalue weighted by molar-refractivity contribution is -0.123. The van der Waals surface area contributed by atoms with Crippen LogP contribution in [0.5, 0.6) is 0 Å². The van der Waals surface area contributed by atoms with E-state index in [9.17, 15) is 4.79 Å². The van der Waals surface area contributed by atoms with E-state index in [2.05, 4.69) is 29.8 Å². The molecule has 0 radical (unpaired) electrons. The maximum atomic E-state index is 11.9. The number of carbonyl (C=O) groups is 1. The number of benzene rings is 1. The Morgan fingerprint density at radius 3 is 2.59 bits per heavy atom. The number of imidazole rings is 1. The Bertz CT molecular complexity index is 645. The van der Waals surface area contributed by atoms with E-state index < -0.39 is 6.04 Å². The summed E-state index contributed by atoms with van der Waals surface area (Å²) < 4.78 is 2.23. The van der Waals surface area contributed by atoms with Gasteiger partial charge in [-0.05, 0) is 31.9 Å². The quantitative estimate of drug-likeness (QED) is 0.859. The van der Waals surface area contributed by atoms with Crippen molar-refractivity contribution < 1.29 is 4.79 Å². The zero-order valence-electron chi connectivity index (χ0n) is 13.8. The Kier molecular flexibility index (Phi) is 5.19. The van der Waals surface area contributed by atoms with Crippen molar-refractivity contribution in [3.63, 3.8) is 0 Å². The van der Waals surface area contributed by atoms with Crippen LogP contribution in [-0.4, -0.2) is 28.0 Å². The molecule has 2 aromatic rings. The van der Waals surface area contributed by atoms with E-state index in [1.165, 1.54) is 0 Å². The van der Waals surface area contributed by atoms with Crippen LogP contribution in [0.15, 0.2) is 24.3 Å². The van der Waals surface area contributed by atoms with Crippen LogP contribution in [0.4, 0.5) is 0 Å². The molecular formula is C17H26N4O. The molecule has 5 nitrogen and oxygen atoms in total. The van der Waals surface area contributed by atoms with Crippen molar-refractivity contribution in [3.8, 4) is 0 Å². The third-order valence-corrected chi connectivity index (χ3v) is 3.85. The normalized spacial score (nSPS) is 13.0. The molecule has 1 aromatic carbocycles. The fourth-order valence-corrected chi connectivity index (χ4v) is 2.57. The predicted octanol–water partition coefficient (Wildman–Crippen LogP) is 2.26. The molecule has 0 bridgehead atoms. The summed E-state index contributed by atoms with van der Waals surface area (Å²) in [5, 5.41) is 2.91. The lowest BCUT2D eigenvalue weighted by atomic mass is 10.1. The van der Waals surface area contributed by atoms with Gasteiger partial charge in [0.25, 0.3) is 0 Å². The van der Waals surface area contributed by atoms with Crippen LogP contribution < -0.4 is 11.1 Å². The van der Waals surface area contributed by atoms with Crippen LogP contribution in [-0.2, 0) is 11.2 Å². The van der Waals surface area contributed by atoms with E-state index in [4.69, 9.17) is 10.7 Å². The number of nitrogens with zero attached hydrogens (tertiary/aromatic N) is 2. The van der Waals surface area contributed by atoms with Gasteiger partial charge in [0.05, 0.1) is 17.1 Å². The van der Waals surface area contributed by atoms with Gasteiger partial charge in [0, 0.05) is 19.0 Å². The highest BCUT2D eigenvalue weighted by atomic mass is 16.2. The highest BCUT2D eigenvalue weighted by molar-refractivity contribution is 5.81. The number of nitrogens with two attached hydrogens (primary N) is 1. The Hall–Kier alpha value is -1.88. The van der Waals surface area contributed by atoms with Gasteiger partial charge in [-0.3, -0.25) is 4.79 Å². The molecule has 120 valence electrons. The number of carbonyl (C=O) groups excluding carboxylic acids is 1. The third-order valence-electron chi connectivity index (χ3n) is 3.85. The number of fused-ring (bicyclic) bond motifs is 1. The summed E-state index contributed by atoms with van der Waals surface area (Å²) in [6.45, 7) is 8.73. The first kappa shape index (κ1) is 16.5. The lowest BCUT2D eigenvalue weighted by Crippen LogP contribution is -2.44. The average Bonchev–Trinajstić information content (AvgIpc) is 2.84. The number of aromatic nitrogens is 2. The number of hydrogen-bond donors (Lipinski definition) is 2. The van der Waals surface area contributed by atoms with Gasteiger partial charge >= 0.3 is 0 Å². The maximum Gasteiger partial charge on any atom is 0.237 e. The van der Waals surface area contributed by atoms with Gasteiger partial charge in [0.2, 0.25) is 5.91 Å². The number of hydrogen-bond acceptors (Lipinski definition) is 3. The molecule has 3 N–H and O–H groups in total. The van der Waals surface area contributed by atoms with E-state index >= 15 is 0 Å². The fraction of sp³-hybridized carbons (Fsp3) is 0.529. The molecule has 0 fully saturated rings. The summed E-state index contributed by atoms with van der Waals surface area (Å²) in [5.74, 6) is 1.04. The van der Waals surface area contributed by atoms with E-state index in [1.807, 2.05) is 32.0 Å². The predicted molar refractivity (Wildman–Crippen MR) is 89.6 cm³/mol. The maximum absolute atomic E-state index is 11.9. The Morgan fingerprint density at radius 1 is 1.27 bits per heavy atom. The minimum Gasteiger partial charge on any atom is -0.354 e. The molecule has 0 saturated carbocycles. The second-order valence-electron chi connectivity index (χ2n) is 6.29. The van der Waals surface area contributed by atoms with Gasteiger partial charge < -0.3 is 15.6 Å². The topological polar surface area (TPSA) is 72.9 Å². The molecule has 0 saturated heterocycles. The summed E-state index contributed by atoms with van der Waals surface area (Å²) >= 11 is 0. The SMILES string of the molecule is CC(C)[C@H](N)C(=O)NCCc1nc2ccccc2n1C(C)C. The molecule has 22 heavy (non-hydrogen) atoms. The molecule has 5 heteroatoms. The van der Waals surface area contributed by atoms with Gasteiger partial charge in [0.15, 0.2) is 0 Å². The van der Waals surface area contributed by atoms with Crippen LogP contribution in [0.1, 0.15) is 39.6 Å². The molecule has 0 aliphatic rings. The zero-order chi connectivity index (χ0) is 16.3. The molecule has 0 spiro atoms. The van der Waals surface area contributed by atoms with E-state index in [-0.39, 0.29) is 11.8 Å². The van der Waals surface area contributed by atoms with Crippen LogP contribution in [0.25, 0.3) is 11.0 Å². The van der Waals surface area contributed by atoms with E-state index in [0.717, 1.165) is 16.9 Å². The number of para-hydroxylation sites is 2. The minimum absolute atomic E-state index is 0.0952. The number of amides is 1. The molecule has 2 rings (SSSR count). The van der Waals surface area contributed by atoms with Crippen molar-refractivity contribution in [2.75, 3.05) is 6.54 Å². The van der Waals surface area contributed by atoms with Crippen molar-refractivity contribution in [1.29, 1.82) is 0 Å². The first-order valence-corrected chi connectivity index (χ1v) is 7.91. The molecule has 1 aromatic heterocycles. The molecule has 0 aliphatic carbocycles. The van der Waals surface area contributed by atoms with Gasteiger partial charge in [-0.15, -0.1) is 0 Å². The zero-order valence-corrected chi connectivity index (χ0v) is 13.8. The van der Waals surface area contributed by atoms with Crippen LogP contribution in [0.2, 0.25) is 0 Å². The van der Waals surface area contributed by atoms with Crippen molar-refractivity contribution in [2.24, 2.45) is 11.7 Å². The Morgan fingerprint density at radius 2 is 1.95 bits per heavy atom. The van der Waals surface area contributed by atoms with Gasteiger partial charge in [-0.25, -0.2) is 4.98 Å². The highest BCUT2D eigenvalue weighted by Crippen LogP contribution is 2.20. The second-order valence-corrected chi connectivity index (χ2v) is 6.29. The molecule has 0 unspecified atom stereocenters. The minimum atomic E-state index is -0.455. The summed E-state index contributed by atoms with van der Waals surface area (Å²) in [5.41, 5.74) is 7.98. The van der Waals surface area contributed by atoms with Gasteiger partial charge in [-0.2, -0.15) is 0 Å². The van der Waals surface area contributed by atoms with Crippen molar-refractivity contribution >= 4 is 16.9 Å². The smallest absolute Gasteiger partial charge is 0.237 e. The average molecular weight is 302 g/mol. The van der Waals surface area contributed by atoms with Crippen LogP contribution >= 0.6 is 0 Å². The van der Waals surface area contributed by atoms with Crippen molar-refractivity contribution in [2.45, 2.75) is 46.2 Å². The van der Waals surface area contributed by atoms with Gasteiger partial charge in [0.1, 0.15) is 5.82 Å². The number of nitrogens with one attached hydrogen (secondary N) is 1. The highest BCUT2D eigenvalue weighted by Gasteiger charge is 2.17. The summed E-state index contributed by atoms with van der Waals surface area (Å²) in [6, 6.07) is 7.99. The third kappa shape index (κ3) is 3.47. The first-order chi connectivity index (χ1) is 10.4. The monoisotopic (exact) mass is 302 g/mol. The summed E-state index contributed by atoms with van der Waals surface area (Å²) in [6.07, 6.45) is 0.698. The summed E-state index contributed by atoms with van der Waals surface area (Å²) in [4.78, 5) is 16.6. The first-order valence-electron chi connectivity index (χ1n) is 7.91. The molecular weight excluding hydrogens is 276 g/mol. The molecule has 1 atom stereocenters. The lowest BCUT2D eigenvalue weighted by Gasteiger charge is -2.16. The summed E-state index contributed by atoms with van der Waals surface area (Å²) in [7, 11) is 0.